The van der Waals surface area contributed by atoms with Gasteiger partial charge in [0.05, 0.1) is 4.88 Å². The van der Waals surface area contributed by atoms with Gasteiger partial charge in [-0.3, -0.25) is 4.79 Å². The molecule has 0 bridgehead atoms. The standard InChI is InChI=1S/C22H20ClNO4S/c23-18-3-1-2-17(12-18)20(26)14-28-22(27)24-11-10-15-4-6-16(7-5-15)21-9-8-19(13-25)29-21/h1-9,12-13,20,26H,10-11,14H2,(H,24,27)/t20-/m0/s1. The highest BCUT2D eigenvalue weighted by molar-refractivity contribution is 7.17. The molecule has 3 rings (SSSR count). The summed E-state index contributed by atoms with van der Waals surface area (Å²) in [6.45, 7) is 0.268. The van der Waals surface area contributed by atoms with Crippen LogP contribution in [0, 0.1) is 0 Å². The summed E-state index contributed by atoms with van der Waals surface area (Å²) in [4.78, 5) is 24.3. The molecule has 7 heteroatoms. The highest BCUT2D eigenvalue weighted by Crippen LogP contribution is 2.27. The van der Waals surface area contributed by atoms with Crippen LogP contribution < -0.4 is 5.32 Å². The number of carbonyl (C=O) groups excluding carboxylic acids is 2. The molecule has 0 fully saturated rings. The molecule has 29 heavy (non-hydrogen) atoms. The summed E-state index contributed by atoms with van der Waals surface area (Å²) in [5.41, 5.74) is 2.71. The van der Waals surface area contributed by atoms with Crippen molar-refractivity contribution < 1.29 is 19.4 Å². The second kappa shape index (κ2) is 10.2. The van der Waals surface area contributed by atoms with Crippen molar-refractivity contribution in [2.75, 3.05) is 13.2 Å². The molecule has 1 heterocycles. The predicted octanol–water partition coefficient (Wildman–Crippen LogP) is 4.88. The number of halogens is 1. The maximum Gasteiger partial charge on any atom is 0.407 e. The van der Waals surface area contributed by atoms with E-state index in [2.05, 4.69) is 5.32 Å². The fourth-order valence-corrected chi connectivity index (χ4v) is 3.76. The minimum atomic E-state index is -0.927. The molecular weight excluding hydrogens is 410 g/mol. The number of rotatable bonds is 8. The van der Waals surface area contributed by atoms with Crippen molar-refractivity contribution >= 4 is 35.3 Å². The van der Waals surface area contributed by atoms with Crippen molar-refractivity contribution in [3.63, 3.8) is 0 Å². The number of thiophene rings is 1. The molecule has 0 spiro atoms. The third-order valence-electron chi connectivity index (χ3n) is 4.27. The first-order valence-electron chi connectivity index (χ1n) is 9.03. The number of aldehydes is 1. The molecule has 0 saturated heterocycles. The largest absolute Gasteiger partial charge is 0.446 e. The summed E-state index contributed by atoms with van der Waals surface area (Å²) >= 11 is 7.34. The Kier molecular flexibility index (Phi) is 7.41. The van der Waals surface area contributed by atoms with Gasteiger partial charge in [-0.05, 0) is 47.4 Å². The monoisotopic (exact) mass is 429 g/mol. The minimum absolute atomic E-state index is 0.148. The van der Waals surface area contributed by atoms with Gasteiger partial charge in [-0.15, -0.1) is 11.3 Å². The van der Waals surface area contributed by atoms with Crippen LogP contribution in [-0.2, 0) is 11.2 Å². The lowest BCUT2D eigenvalue weighted by molar-refractivity contribution is 0.0682. The van der Waals surface area contributed by atoms with E-state index in [-0.39, 0.29) is 6.61 Å². The van der Waals surface area contributed by atoms with Crippen molar-refractivity contribution in [1.82, 2.24) is 5.32 Å². The van der Waals surface area contributed by atoms with E-state index in [0.717, 1.165) is 22.3 Å². The fourth-order valence-electron chi connectivity index (χ4n) is 2.73. The topological polar surface area (TPSA) is 75.6 Å². The molecule has 0 unspecified atom stereocenters. The van der Waals surface area contributed by atoms with Gasteiger partial charge in [0.2, 0.25) is 0 Å². The lowest BCUT2D eigenvalue weighted by atomic mass is 10.1. The number of aliphatic hydroxyl groups is 1. The van der Waals surface area contributed by atoms with Gasteiger partial charge in [-0.25, -0.2) is 4.79 Å². The highest BCUT2D eigenvalue weighted by Gasteiger charge is 2.11. The minimum Gasteiger partial charge on any atom is -0.446 e. The Morgan fingerprint density at radius 3 is 2.66 bits per heavy atom. The van der Waals surface area contributed by atoms with Crippen LogP contribution in [0.2, 0.25) is 5.02 Å². The van der Waals surface area contributed by atoms with Crippen LogP contribution in [0.5, 0.6) is 0 Å². The number of carbonyl (C=O) groups is 2. The average Bonchev–Trinajstić information content (AvgIpc) is 3.22. The number of alkyl carbamates (subject to hydrolysis) is 1. The van der Waals surface area contributed by atoms with Crippen molar-refractivity contribution in [3.05, 3.63) is 81.7 Å². The van der Waals surface area contributed by atoms with Crippen LogP contribution >= 0.6 is 22.9 Å². The zero-order valence-electron chi connectivity index (χ0n) is 15.5. The Morgan fingerprint density at radius 2 is 1.97 bits per heavy atom. The van der Waals surface area contributed by atoms with Crippen molar-refractivity contribution in [2.45, 2.75) is 12.5 Å². The van der Waals surface area contributed by atoms with Gasteiger partial charge < -0.3 is 15.2 Å². The summed E-state index contributed by atoms with van der Waals surface area (Å²) in [6, 6.07) is 18.5. The van der Waals surface area contributed by atoms with Crippen molar-refractivity contribution in [3.8, 4) is 10.4 Å². The first-order valence-corrected chi connectivity index (χ1v) is 10.2. The molecule has 2 N–H and O–H groups in total. The first-order chi connectivity index (χ1) is 14.0. The number of hydrogen-bond acceptors (Lipinski definition) is 5. The number of nitrogens with one attached hydrogen (secondary N) is 1. The average molecular weight is 430 g/mol. The summed E-state index contributed by atoms with van der Waals surface area (Å²) in [7, 11) is 0. The van der Waals surface area contributed by atoms with Gasteiger partial charge in [0.25, 0.3) is 0 Å². The van der Waals surface area contributed by atoms with Crippen LogP contribution in [0.3, 0.4) is 0 Å². The Balaban J connectivity index is 1.41. The van der Waals surface area contributed by atoms with Crippen LogP contribution in [0.15, 0.2) is 60.7 Å². The van der Waals surface area contributed by atoms with E-state index in [4.69, 9.17) is 16.3 Å². The zero-order chi connectivity index (χ0) is 20.6. The Labute approximate surface area is 177 Å². The second-order valence-electron chi connectivity index (χ2n) is 6.36. The second-order valence-corrected chi connectivity index (χ2v) is 7.91. The normalized spacial score (nSPS) is 11.7. The molecule has 0 aliphatic rings. The maximum absolute atomic E-state index is 11.8. The fraction of sp³-hybridized carbons (Fsp3) is 0.182. The molecule has 150 valence electrons. The van der Waals surface area contributed by atoms with E-state index in [9.17, 15) is 14.7 Å². The molecule has 1 amide bonds. The van der Waals surface area contributed by atoms with E-state index in [1.54, 1.807) is 30.3 Å². The molecule has 0 saturated carbocycles. The first kappa shape index (κ1) is 21.0. The van der Waals surface area contributed by atoms with Gasteiger partial charge in [-0.2, -0.15) is 0 Å². The Hall–Kier alpha value is -2.67. The maximum atomic E-state index is 11.8. The van der Waals surface area contributed by atoms with E-state index >= 15 is 0 Å². The van der Waals surface area contributed by atoms with Gasteiger partial charge >= 0.3 is 6.09 Å². The van der Waals surface area contributed by atoms with Gasteiger partial charge in [0, 0.05) is 16.4 Å². The molecule has 3 aromatic rings. The van der Waals surface area contributed by atoms with Crippen molar-refractivity contribution in [2.24, 2.45) is 0 Å². The lowest BCUT2D eigenvalue weighted by Gasteiger charge is -2.12. The molecule has 0 radical (unpaired) electrons. The lowest BCUT2D eigenvalue weighted by Crippen LogP contribution is -2.28. The van der Waals surface area contributed by atoms with Crippen LogP contribution in [-0.4, -0.2) is 30.6 Å². The van der Waals surface area contributed by atoms with Gasteiger partial charge in [0.15, 0.2) is 6.29 Å². The number of aliphatic hydroxyl groups excluding tert-OH is 1. The number of benzene rings is 2. The van der Waals surface area contributed by atoms with Crippen LogP contribution in [0.4, 0.5) is 4.79 Å². The molecule has 1 atom stereocenters. The molecule has 0 aliphatic carbocycles. The number of ether oxygens (including phenoxy) is 1. The van der Waals surface area contributed by atoms with Crippen LogP contribution in [0.1, 0.15) is 26.9 Å². The highest BCUT2D eigenvalue weighted by atomic mass is 35.5. The summed E-state index contributed by atoms with van der Waals surface area (Å²) in [5.74, 6) is 0. The zero-order valence-corrected chi connectivity index (χ0v) is 17.1. The Bertz CT molecular complexity index is 971. The number of hydrogen-bond donors (Lipinski definition) is 2. The molecule has 0 aliphatic heterocycles. The molecule has 1 aromatic heterocycles. The van der Waals surface area contributed by atoms with Gasteiger partial charge in [-0.1, -0.05) is 48.0 Å². The van der Waals surface area contributed by atoms with E-state index in [1.165, 1.54) is 11.3 Å². The molecule has 2 aromatic carbocycles. The van der Waals surface area contributed by atoms with E-state index < -0.39 is 12.2 Å². The van der Waals surface area contributed by atoms with E-state index in [0.29, 0.717) is 28.4 Å². The quantitative estimate of drug-likeness (QED) is 0.500. The smallest absolute Gasteiger partial charge is 0.407 e. The van der Waals surface area contributed by atoms with Crippen molar-refractivity contribution in [1.29, 1.82) is 0 Å². The predicted molar refractivity (Wildman–Crippen MR) is 115 cm³/mol. The van der Waals surface area contributed by atoms with E-state index in [1.807, 2.05) is 30.3 Å². The van der Waals surface area contributed by atoms with Gasteiger partial charge in [0.1, 0.15) is 12.7 Å². The summed E-state index contributed by atoms with van der Waals surface area (Å²) in [5, 5.41) is 13.2. The Morgan fingerprint density at radius 1 is 1.17 bits per heavy atom. The number of amides is 1. The summed E-state index contributed by atoms with van der Waals surface area (Å²) in [6.07, 6.45) is -0.0102. The van der Waals surface area contributed by atoms with Crippen LogP contribution in [0.25, 0.3) is 10.4 Å². The third-order valence-corrected chi connectivity index (χ3v) is 5.56. The molecular formula is C22H20ClNO4S. The summed E-state index contributed by atoms with van der Waals surface area (Å²) < 4.78 is 5.06. The third kappa shape index (κ3) is 6.15. The molecule has 5 nitrogen and oxygen atoms in total. The SMILES string of the molecule is O=Cc1ccc(-c2ccc(CCNC(=O)OC[C@H](O)c3cccc(Cl)c3)cc2)s1.